The number of amides is 1. The van der Waals surface area contributed by atoms with Gasteiger partial charge in [-0.3, -0.25) is 4.79 Å². The van der Waals surface area contributed by atoms with Gasteiger partial charge in [0, 0.05) is 20.1 Å². The van der Waals surface area contributed by atoms with Gasteiger partial charge in [0.1, 0.15) is 0 Å². The lowest BCUT2D eigenvalue weighted by Crippen LogP contribution is -2.41. The summed E-state index contributed by atoms with van der Waals surface area (Å²) in [5.41, 5.74) is 0. The van der Waals surface area contributed by atoms with Crippen LogP contribution in [0.3, 0.4) is 0 Å². The first-order valence-electron chi connectivity index (χ1n) is 4.15. The van der Waals surface area contributed by atoms with Crippen molar-refractivity contribution in [3.05, 3.63) is 0 Å². The standard InChI is InChI=1S/C8H16N2O/c1-9-6-7-4-3-5-10(2)8(7)11/h7,9H,3-6H2,1-2H3. The summed E-state index contributed by atoms with van der Waals surface area (Å²) in [6.45, 7) is 1.75. The van der Waals surface area contributed by atoms with Crippen LogP contribution in [0.2, 0.25) is 0 Å². The van der Waals surface area contributed by atoms with E-state index in [0.29, 0.717) is 5.91 Å². The lowest BCUT2D eigenvalue weighted by molar-refractivity contribution is -0.136. The average molecular weight is 156 g/mol. The minimum absolute atomic E-state index is 0.221. The Morgan fingerprint density at radius 1 is 1.73 bits per heavy atom. The van der Waals surface area contributed by atoms with Crippen LogP contribution in [0.15, 0.2) is 0 Å². The van der Waals surface area contributed by atoms with Gasteiger partial charge in [-0.2, -0.15) is 0 Å². The quantitative estimate of drug-likeness (QED) is 0.614. The van der Waals surface area contributed by atoms with Gasteiger partial charge < -0.3 is 10.2 Å². The van der Waals surface area contributed by atoms with Crippen molar-refractivity contribution in [1.82, 2.24) is 10.2 Å². The predicted molar refractivity (Wildman–Crippen MR) is 44.3 cm³/mol. The molecule has 1 N–H and O–H groups in total. The summed E-state index contributed by atoms with van der Waals surface area (Å²) in [7, 11) is 3.77. The second-order valence-electron chi connectivity index (χ2n) is 3.16. The molecule has 3 heteroatoms. The van der Waals surface area contributed by atoms with E-state index < -0.39 is 0 Å². The second-order valence-corrected chi connectivity index (χ2v) is 3.16. The van der Waals surface area contributed by atoms with Gasteiger partial charge in [-0.05, 0) is 19.9 Å². The molecule has 0 aromatic heterocycles. The monoisotopic (exact) mass is 156 g/mol. The maximum Gasteiger partial charge on any atom is 0.226 e. The Kier molecular flexibility index (Phi) is 2.88. The topological polar surface area (TPSA) is 32.3 Å². The Labute approximate surface area is 67.8 Å². The number of nitrogens with one attached hydrogen (secondary N) is 1. The molecule has 0 aromatic carbocycles. The molecular weight excluding hydrogens is 140 g/mol. The predicted octanol–water partition coefficient (Wildman–Crippen LogP) is 0.0742. The Morgan fingerprint density at radius 2 is 2.45 bits per heavy atom. The number of hydrogen-bond acceptors (Lipinski definition) is 2. The highest BCUT2D eigenvalue weighted by atomic mass is 16.2. The maximum absolute atomic E-state index is 11.4. The summed E-state index contributed by atoms with van der Waals surface area (Å²) < 4.78 is 0. The van der Waals surface area contributed by atoms with E-state index >= 15 is 0 Å². The normalized spacial score (nSPS) is 25.8. The first kappa shape index (κ1) is 8.53. The number of likely N-dealkylation sites (tertiary alicyclic amines) is 1. The summed E-state index contributed by atoms with van der Waals surface area (Å²) in [4.78, 5) is 13.2. The zero-order chi connectivity index (χ0) is 8.27. The fourth-order valence-electron chi connectivity index (χ4n) is 1.56. The minimum atomic E-state index is 0.221. The number of carbonyl (C=O) groups is 1. The highest BCUT2D eigenvalue weighted by molar-refractivity contribution is 5.79. The van der Waals surface area contributed by atoms with Crippen LogP contribution in [0, 0.1) is 5.92 Å². The third kappa shape index (κ3) is 1.93. The molecule has 1 aliphatic rings. The second kappa shape index (κ2) is 3.72. The first-order valence-corrected chi connectivity index (χ1v) is 4.15. The maximum atomic E-state index is 11.4. The van der Waals surface area contributed by atoms with Gasteiger partial charge in [0.05, 0.1) is 5.92 Å². The van der Waals surface area contributed by atoms with Crippen molar-refractivity contribution < 1.29 is 4.79 Å². The Hall–Kier alpha value is -0.570. The Balaban J connectivity index is 2.44. The number of carbonyl (C=O) groups excluding carboxylic acids is 1. The van der Waals surface area contributed by atoms with E-state index in [2.05, 4.69) is 5.32 Å². The van der Waals surface area contributed by atoms with E-state index in [1.165, 1.54) is 0 Å². The van der Waals surface area contributed by atoms with Crippen LogP contribution in [0.4, 0.5) is 0 Å². The molecular formula is C8H16N2O. The van der Waals surface area contributed by atoms with Gasteiger partial charge in [-0.25, -0.2) is 0 Å². The molecule has 0 aromatic rings. The molecule has 1 atom stereocenters. The van der Waals surface area contributed by atoms with Crippen molar-refractivity contribution in [2.75, 3.05) is 27.2 Å². The first-order chi connectivity index (χ1) is 5.25. The molecule has 1 rings (SSSR count). The summed E-state index contributed by atoms with van der Waals surface area (Å²) in [5.74, 6) is 0.518. The van der Waals surface area contributed by atoms with Crippen LogP contribution in [-0.2, 0) is 4.79 Å². The van der Waals surface area contributed by atoms with Gasteiger partial charge in [-0.1, -0.05) is 0 Å². The molecule has 11 heavy (non-hydrogen) atoms. The molecule has 0 aliphatic carbocycles. The van der Waals surface area contributed by atoms with E-state index in [0.717, 1.165) is 25.9 Å². The fraction of sp³-hybridized carbons (Fsp3) is 0.875. The number of rotatable bonds is 2. The highest BCUT2D eigenvalue weighted by Gasteiger charge is 2.24. The molecule has 1 amide bonds. The number of nitrogens with zero attached hydrogens (tertiary/aromatic N) is 1. The van der Waals surface area contributed by atoms with Crippen molar-refractivity contribution in [2.24, 2.45) is 5.92 Å². The van der Waals surface area contributed by atoms with Crippen LogP contribution in [0.1, 0.15) is 12.8 Å². The average Bonchev–Trinajstić information content (AvgIpc) is 1.99. The minimum Gasteiger partial charge on any atom is -0.345 e. The van der Waals surface area contributed by atoms with Crippen LogP contribution in [0.5, 0.6) is 0 Å². The largest absolute Gasteiger partial charge is 0.345 e. The van der Waals surface area contributed by atoms with Gasteiger partial charge in [0.15, 0.2) is 0 Å². The fourth-order valence-corrected chi connectivity index (χ4v) is 1.56. The third-order valence-electron chi connectivity index (χ3n) is 2.22. The summed E-state index contributed by atoms with van der Waals surface area (Å²) >= 11 is 0. The Bertz CT molecular complexity index is 145. The smallest absolute Gasteiger partial charge is 0.226 e. The van der Waals surface area contributed by atoms with Crippen molar-refractivity contribution in [1.29, 1.82) is 0 Å². The van der Waals surface area contributed by atoms with E-state index in [-0.39, 0.29) is 5.92 Å². The zero-order valence-corrected chi connectivity index (χ0v) is 7.26. The van der Waals surface area contributed by atoms with E-state index in [4.69, 9.17) is 0 Å². The molecule has 0 radical (unpaired) electrons. The molecule has 0 bridgehead atoms. The molecule has 1 unspecified atom stereocenters. The van der Waals surface area contributed by atoms with E-state index in [1.807, 2.05) is 19.0 Å². The number of hydrogen-bond donors (Lipinski definition) is 1. The lowest BCUT2D eigenvalue weighted by atomic mass is 9.97. The van der Waals surface area contributed by atoms with Crippen molar-refractivity contribution in [2.45, 2.75) is 12.8 Å². The van der Waals surface area contributed by atoms with Crippen molar-refractivity contribution >= 4 is 5.91 Å². The van der Waals surface area contributed by atoms with Gasteiger partial charge in [0.2, 0.25) is 5.91 Å². The molecule has 0 spiro atoms. The van der Waals surface area contributed by atoms with Gasteiger partial charge in [0.25, 0.3) is 0 Å². The molecule has 1 aliphatic heterocycles. The van der Waals surface area contributed by atoms with E-state index in [1.54, 1.807) is 0 Å². The SMILES string of the molecule is CNCC1CCCN(C)C1=O. The van der Waals surface area contributed by atoms with Gasteiger partial charge in [-0.15, -0.1) is 0 Å². The van der Waals surface area contributed by atoms with Crippen molar-refractivity contribution in [3.63, 3.8) is 0 Å². The highest BCUT2D eigenvalue weighted by Crippen LogP contribution is 2.15. The molecule has 1 fully saturated rings. The molecule has 1 saturated heterocycles. The number of piperidine rings is 1. The lowest BCUT2D eigenvalue weighted by Gasteiger charge is -2.28. The summed E-state index contributed by atoms with van der Waals surface area (Å²) in [6.07, 6.45) is 2.19. The summed E-state index contributed by atoms with van der Waals surface area (Å²) in [5, 5.41) is 3.04. The molecule has 0 saturated carbocycles. The van der Waals surface area contributed by atoms with Crippen LogP contribution in [-0.4, -0.2) is 38.0 Å². The Morgan fingerprint density at radius 3 is 3.09 bits per heavy atom. The zero-order valence-electron chi connectivity index (χ0n) is 7.26. The van der Waals surface area contributed by atoms with Crippen LogP contribution < -0.4 is 5.32 Å². The van der Waals surface area contributed by atoms with Crippen LogP contribution in [0.25, 0.3) is 0 Å². The third-order valence-corrected chi connectivity index (χ3v) is 2.22. The molecule has 64 valence electrons. The van der Waals surface area contributed by atoms with Crippen LogP contribution >= 0.6 is 0 Å². The van der Waals surface area contributed by atoms with Crippen molar-refractivity contribution in [3.8, 4) is 0 Å². The molecule has 1 heterocycles. The van der Waals surface area contributed by atoms with E-state index in [9.17, 15) is 4.79 Å². The summed E-state index contributed by atoms with van der Waals surface area (Å²) in [6, 6.07) is 0. The van der Waals surface area contributed by atoms with Gasteiger partial charge >= 0.3 is 0 Å². The molecule has 3 nitrogen and oxygen atoms in total.